The Labute approximate surface area is 103 Å². The molecular formula is C12H25BrN2. The molecule has 0 saturated carbocycles. The molecule has 1 aliphatic heterocycles. The molecule has 1 aliphatic rings. The lowest BCUT2D eigenvalue weighted by molar-refractivity contribution is 0.115. The summed E-state index contributed by atoms with van der Waals surface area (Å²) >= 11 is 3.60. The van der Waals surface area contributed by atoms with Gasteiger partial charge in [-0.1, -0.05) is 29.8 Å². The number of hydrogen-bond donors (Lipinski definition) is 0. The molecule has 1 heterocycles. The Bertz CT molecular complexity index is 184. The SMILES string of the molecule is CN(C)C1CCN(CC(C)(C)CBr)CC1. The number of hydrogen-bond acceptors (Lipinski definition) is 2. The molecule has 1 fully saturated rings. The van der Waals surface area contributed by atoms with Gasteiger partial charge in [-0.3, -0.25) is 0 Å². The van der Waals surface area contributed by atoms with Crippen LogP contribution in [0.2, 0.25) is 0 Å². The molecule has 15 heavy (non-hydrogen) atoms. The van der Waals surface area contributed by atoms with Crippen molar-refractivity contribution in [2.75, 3.05) is 39.1 Å². The Hall–Kier alpha value is 0.400. The molecule has 0 aromatic rings. The lowest BCUT2D eigenvalue weighted by atomic mass is 9.94. The lowest BCUT2D eigenvalue weighted by Gasteiger charge is -2.38. The maximum Gasteiger partial charge on any atom is 0.0113 e. The fourth-order valence-corrected chi connectivity index (χ4v) is 2.42. The monoisotopic (exact) mass is 276 g/mol. The standard InChI is InChI=1S/C12H25BrN2/c1-12(2,9-13)10-15-7-5-11(6-8-15)14(3)4/h11H,5-10H2,1-4H3. The summed E-state index contributed by atoms with van der Waals surface area (Å²) < 4.78 is 0. The zero-order valence-electron chi connectivity index (χ0n) is 10.6. The Morgan fingerprint density at radius 3 is 2.20 bits per heavy atom. The molecule has 0 N–H and O–H groups in total. The minimum atomic E-state index is 0.408. The number of halogens is 1. The van der Waals surface area contributed by atoms with Gasteiger partial charge in [-0.25, -0.2) is 0 Å². The normalized spacial score (nSPS) is 21.2. The highest BCUT2D eigenvalue weighted by molar-refractivity contribution is 9.09. The zero-order valence-corrected chi connectivity index (χ0v) is 12.2. The molecule has 0 aromatic carbocycles. The number of likely N-dealkylation sites (tertiary alicyclic amines) is 1. The average Bonchev–Trinajstić information content (AvgIpc) is 2.18. The summed E-state index contributed by atoms with van der Waals surface area (Å²) in [5.74, 6) is 0. The van der Waals surface area contributed by atoms with Crippen molar-refractivity contribution in [1.82, 2.24) is 9.80 Å². The van der Waals surface area contributed by atoms with Crippen molar-refractivity contribution >= 4 is 15.9 Å². The predicted octanol–water partition coefficient (Wildman–Crippen LogP) is 2.43. The molecule has 0 aromatic heterocycles. The number of alkyl halides is 1. The molecule has 0 atom stereocenters. The van der Waals surface area contributed by atoms with E-state index in [2.05, 4.69) is 53.7 Å². The molecule has 0 aliphatic carbocycles. The Kier molecular flexibility index (Phi) is 5.07. The molecule has 0 spiro atoms. The molecular weight excluding hydrogens is 252 g/mol. The lowest BCUT2D eigenvalue weighted by Crippen LogP contribution is -2.45. The minimum absolute atomic E-state index is 0.408. The molecule has 90 valence electrons. The van der Waals surface area contributed by atoms with Crippen molar-refractivity contribution in [2.45, 2.75) is 32.7 Å². The van der Waals surface area contributed by atoms with Crippen molar-refractivity contribution in [1.29, 1.82) is 0 Å². The second kappa shape index (κ2) is 5.65. The molecule has 3 heteroatoms. The summed E-state index contributed by atoms with van der Waals surface area (Å²) in [6.07, 6.45) is 2.65. The van der Waals surface area contributed by atoms with E-state index < -0.39 is 0 Å². The van der Waals surface area contributed by atoms with Gasteiger partial charge in [-0.05, 0) is 45.4 Å². The second-order valence-electron chi connectivity index (χ2n) is 5.77. The summed E-state index contributed by atoms with van der Waals surface area (Å²) in [6, 6.07) is 0.799. The molecule has 1 rings (SSSR count). The van der Waals surface area contributed by atoms with Crippen LogP contribution in [-0.2, 0) is 0 Å². The van der Waals surface area contributed by atoms with Crippen LogP contribution in [0.15, 0.2) is 0 Å². The van der Waals surface area contributed by atoms with Gasteiger partial charge in [0.25, 0.3) is 0 Å². The minimum Gasteiger partial charge on any atom is -0.306 e. The second-order valence-corrected chi connectivity index (χ2v) is 6.33. The highest BCUT2D eigenvalue weighted by Crippen LogP contribution is 2.23. The first kappa shape index (κ1) is 13.5. The van der Waals surface area contributed by atoms with Crippen molar-refractivity contribution in [2.24, 2.45) is 5.41 Å². The van der Waals surface area contributed by atoms with Crippen LogP contribution in [0.1, 0.15) is 26.7 Å². The van der Waals surface area contributed by atoms with E-state index in [9.17, 15) is 0 Å². The van der Waals surface area contributed by atoms with Gasteiger partial charge in [-0.2, -0.15) is 0 Å². The molecule has 0 radical (unpaired) electrons. The van der Waals surface area contributed by atoms with E-state index >= 15 is 0 Å². The maximum atomic E-state index is 3.60. The van der Waals surface area contributed by atoms with Gasteiger partial charge in [0.05, 0.1) is 0 Å². The third-order valence-electron chi connectivity index (χ3n) is 3.30. The van der Waals surface area contributed by atoms with Gasteiger partial charge in [0, 0.05) is 17.9 Å². The third kappa shape index (κ3) is 4.41. The summed E-state index contributed by atoms with van der Waals surface area (Å²) in [5, 5.41) is 1.09. The zero-order chi connectivity index (χ0) is 11.5. The Balaban J connectivity index is 2.32. The van der Waals surface area contributed by atoms with Crippen molar-refractivity contribution in [3.8, 4) is 0 Å². The molecule has 0 amide bonds. The molecule has 0 bridgehead atoms. The predicted molar refractivity (Wildman–Crippen MR) is 70.7 cm³/mol. The van der Waals surface area contributed by atoms with Crippen molar-refractivity contribution in [3.63, 3.8) is 0 Å². The van der Waals surface area contributed by atoms with Crippen LogP contribution in [0.25, 0.3) is 0 Å². The largest absolute Gasteiger partial charge is 0.306 e. The van der Waals surface area contributed by atoms with E-state index in [4.69, 9.17) is 0 Å². The van der Waals surface area contributed by atoms with Crippen molar-refractivity contribution < 1.29 is 0 Å². The quantitative estimate of drug-likeness (QED) is 0.728. The summed E-state index contributed by atoms with van der Waals surface area (Å²) in [4.78, 5) is 4.98. The van der Waals surface area contributed by atoms with Crippen LogP contribution in [0.5, 0.6) is 0 Å². The average molecular weight is 277 g/mol. The van der Waals surface area contributed by atoms with Crippen LogP contribution in [-0.4, -0.2) is 54.9 Å². The molecule has 1 saturated heterocycles. The van der Waals surface area contributed by atoms with E-state index in [0.29, 0.717) is 5.41 Å². The first-order valence-corrected chi connectivity index (χ1v) is 7.01. The van der Waals surface area contributed by atoms with E-state index in [1.54, 1.807) is 0 Å². The third-order valence-corrected chi connectivity index (χ3v) is 4.82. The first-order chi connectivity index (χ1) is 6.94. The van der Waals surface area contributed by atoms with Crippen LogP contribution in [0, 0.1) is 5.41 Å². The number of nitrogens with zero attached hydrogens (tertiary/aromatic N) is 2. The van der Waals surface area contributed by atoms with Gasteiger partial charge in [0.15, 0.2) is 0 Å². The summed E-state index contributed by atoms with van der Waals surface area (Å²) in [5.41, 5.74) is 0.408. The van der Waals surface area contributed by atoms with E-state index in [0.717, 1.165) is 11.4 Å². The Morgan fingerprint density at radius 2 is 1.80 bits per heavy atom. The van der Waals surface area contributed by atoms with E-state index in [-0.39, 0.29) is 0 Å². The van der Waals surface area contributed by atoms with Gasteiger partial charge in [-0.15, -0.1) is 0 Å². The smallest absolute Gasteiger partial charge is 0.0113 e. The topological polar surface area (TPSA) is 6.48 Å². The highest BCUT2D eigenvalue weighted by atomic mass is 79.9. The van der Waals surface area contributed by atoms with Crippen LogP contribution in [0.3, 0.4) is 0 Å². The summed E-state index contributed by atoms with van der Waals surface area (Å²) in [6.45, 7) is 8.41. The fourth-order valence-electron chi connectivity index (χ4n) is 2.24. The molecule has 2 nitrogen and oxygen atoms in total. The number of rotatable bonds is 4. The highest BCUT2D eigenvalue weighted by Gasteiger charge is 2.25. The van der Waals surface area contributed by atoms with Gasteiger partial charge in [0.2, 0.25) is 0 Å². The molecule has 0 unspecified atom stereocenters. The van der Waals surface area contributed by atoms with E-state index in [1.165, 1.54) is 32.5 Å². The van der Waals surface area contributed by atoms with Gasteiger partial charge >= 0.3 is 0 Å². The fraction of sp³-hybridized carbons (Fsp3) is 1.00. The van der Waals surface area contributed by atoms with Crippen LogP contribution in [0.4, 0.5) is 0 Å². The Morgan fingerprint density at radius 1 is 1.27 bits per heavy atom. The van der Waals surface area contributed by atoms with Gasteiger partial charge in [0.1, 0.15) is 0 Å². The van der Waals surface area contributed by atoms with Crippen LogP contribution >= 0.6 is 15.9 Å². The first-order valence-electron chi connectivity index (χ1n) is 5.89. The maximum absolute atomic E-state index is 3.60. The van der Waals surface area contributed by atoms with E-state index in [1.807, 2.05) is 0 Å². The van der Waals surface area contributed by atoms with Gasteiger partial charge < -0.3 is 9.80 Å². The number of piperidine rings is 1. The summed E-state index contributed by atoms with van der Waals surface area (Å²) in [7, 11) is 4.39. The van der Waals surface area contributed by atoms with Crippen LogP contribution < -0.4 is 0 Å². The van der Waals surface area contributed by atoms with Crippen molar-refractivity contribution in [3.05, 3.63) is 0 Å².